The van der Waals surface area contributed by atoms with Crippen LogP contribution in [0.3, 0.4) is 0 Å². The Morgan fingerprint density at radius 2 is 1.86 bits per heavy atom. The number of fused-ring (bicyclic) bond motifs is 1. The molecule has 21 heavy (non-hydrogen) atoms. The lowest BCUT2D eigenvalue weighted by Gasteiger charge is -2.25. The minimum Gasteiger partial charge on any atom is -0.310 e. The first-order chi connectivity index (χ1) is 9.72. The van der Waals surface area contributed by atoms with E-state index in [2.05, 4.69) is 5.32 Å². The number of anilines is 1. The number of carbonyl (C=O) groups is 1. The second-order valence-electron chi connectivity index (χ2n) is 6.21. The molecule has 2 rings (SSSR count). The molecule has 1 amide bonds. The molecule has 5 nitrogen and oxygen atoms in total. The van der Waals surface area contributed by atoms with Gasteiger partial charge >= 0.3 is 0 Å². The van der Waals surface area contributed by atoms with Crippen LogP contribution in [0.4, 0.5) is 5.69 Å². The zero-order valence-electron chi connectivity index (χ0n) is 12.7. The summed E-state index contributed by atoms with van der Waals surface area (Å²) in [5, 5.41) is 3.07. The summed E-state index contributed by atoms with van der Waals surface area (Å²) in [6.45, 7) is 6.08. The summed E-state index contributed by atoms with van der Waals surface area (Å²) in [5.74, 6) is -0.125. The van der Waals surface area contributed by atoms with E-state index >= 15 is 0 Å². The maximum atomic E-state index is 12.2. The molecule has 0 spiro atoms. The lowest BCUT2D eigenvalue weighted by atomic mass is 10.1. The van der Waals surface area contributed by atoms with E-state index < -0.39 is 14.6 Å². The highest BCUT2D eigenvalue weighted by Gasteiger charge is 2.31. The van der Waals surface area contributed by atoms with Crippen molar-refractivity contribution in [1.82, 2.24) is 5.32 Å². The van der Waals surface area contributed by atoms with Gasteiger partial charge in [-0.3, -0.25) is 4.79 Å². The molecule has 0 saturated carbocycles. The molecule has 116 valence electrons. The number of sulfone groups is 1. The van der Waals surface area contributed by atoms with Gasteiger partial charge in [-0.15, -0.1) is 0 Å². The summed E-state index contributed by atoms with van der Waals surface area (Å²) in [5.41, 5.74) is 1.81. The number of benzene rings is 1. The number of carbonyl (C=O) groups excluding carboxylic acids is 1. The molecule has 0 fully saturated rings. The van der Waals surface area contributed by atoms with E-state index in [9.17, 15) is 13.2 Å². The van der Waals surface area contributed by atoms with E-state index in [1.807, 2.05) is 24.3 Å². The molecule has 0 saturated heterocycles. The first kappa shape index (κ1) is 16.0. The van der Waals surface area contributed by atoms with Crippen LogP contribution < -0.4 is 10.2 Å². The Labute approximate surface area is 126 Å². The lowest BCUT2D eigenvalue weighted by Crippen LogP contribution is -2.41. The fourth-order valence-electron chi connectivity index (χ4n) is 2.22. The van der Waals surface area contributed by atoms with Crippen LogP contribution in [-0.4, -0.2) is 37.9 Å². The average Bonchev–Trinajstić information content (AvgIpc) is 2.54. The molecular weight excluding hydrogens is 288 g/mol. The zero-order valence-corrected chi connectivity index (χ0v) is 13.5. The molecular formula is C15H22N2O3S. The van der Waals surface area contributed by atoms with Crippen molar-refractivity contribution in [2.75, 3.05) is 23.7 Å². The van der Waals surface area contributed by atoms with Gasteiger partial charge in [-0.25, -0.2) is 8.42 Å². The highest BCUT2D eigenvalue weighted by Crippen LogP contribution is 2.23. The standard InChI is InChI=1S/C15H22N2O3S/c1-15(2,3)21(19,20)9-8-17-13-7-5-4-6-12(13)10-16-11-14(17)18/h4-7,16H,8-11H2,1-3H3. The Morgan fingerprint density at radius 1 is 1.19 bits per heavy atom. The van der Waals surface area contributed by atoms with E-state index in [0.717, 1.165) is 11.3 Å². The Morgan fingerprint density at radius 3 is 2.52 bits per heavy atom. The van der Waals surface area contributed by atoms with E-state index in [-0.39, 0.29) is 24.7 Å². The van der Waals surface area contributed by atoms with Crippen molar-refractivity contribution < 1.29 is 13.2 Å². The van der Waals surface area contributed by atoms with E-state index in [4.69, 9.17) is 0 Å². The third-order valence-electron chi connectivity index (χ3n) is 3.69. The van der Waals surface area contributed by atoms with Crippen molar-refractivity contribution in [2.24, 2.45) is 0 Å². The maximum Gasteiger partial charge on any atom is 0.240 e. The monoisotopic (exact) mass is 310 g/mol. The Hall–Kier alpha value is -1.40. The highest BCUT2D eigenvalue weighted by atomic mass is 32.2. The molecule has 0 unspecified atom stereocenters. The van der Waals surface area contributed by atoms with Crippen molar-refractivity contribution in [3.05, 3.63) is 29.8 Å². The van der Waals surface area contributed by atoms with Gasteiger partial charge in [0.1, 0.15) is 0 Å². The molecule has 1 aromatic rings. The van der Waals surface area contributed by atoms with Gasteiger partial charge in [0.15, 0.2) is 9.84 Å². The van der Waals surface area contributed by atoms with Crippen molar-refractivity contribution in [1.29, 1.82) is 0 Å². The molecule has 0 radical (unpaired) electrons. The molecule has 1 aliphatic heterocycles. The third-order valence-corrected chi connectivity index (χ3v) is 6.28. The topological polar surface area (TPSA) is 66.5 Å². The molecule has 0 aromatic heterocycles. The normalized spacial score (nSPS) is 16.5. The van der Waals surface area contributed by atoms with Gasteiger partial charge in [0, 0.05) is 18.8 Å². The lowest BCUT2D eigenvalue weighted by molar-refractivity contribution is -0.117. The highest BCUT2D eigenvalue weighted by molar-refractivity contribution is 7.92. The largest absolute Gasteiger partial charge is 0.310 e. The molecule has 0 atom stereocenters. The van der Waals surface area contributed by atoms with Crippen LogP contribution >= 0.6 is 0 Å². The van der Waals surface area contributed by atoms with Crippen LogP contribution in [0.5, 0.6) is 0 Å². The summed E-state index contributed by atoms with van der Waals surface area (Å²) in [4.78, 5) is 13.8. The Kier molecular flexibility index (Phi) is 4.39. The molecule has 0 bridgehead atoms. The first-order valence-electron chi connectivity index (χ1n) is 7.04. The molecule has 1 aliphatic rings. The second kappa shape index (κ2) is 5.77. The van der Waals surface area contributed by atoms with E-state index in [0.29, 0.717) is 6.54 Å². The molecule has 1 heterocycles. The maximum absolute atomic E-state index is 12.2. The van der Waals surface area contributed by atoms with Gasteiger partial charge in [-0.1, -0.05) is 18.2 Å². The average molecular weight is 310 g/mol. The summed E-state index contributed by atoms with van der Waals surface area (Å²) >= 11 is 0. The minimum absolute atomic E-state index is 0.0312. The van der Waals surface area contributed by atoms with Crippen LogP contribution in [-0.2, 0) is 21.2 Å². The number of hydrogen-bond donors (Lipinski definition) is 1. The first-order valence-corrected chi connectivity index (χ1v) is 8.69. The number of rotatable bonds is 3. The molecule has 6 heteroatoms. The van der Waals surface area contributed by atoms with Crippen LogP contribution in [0, 0.1) is 0 Å². The number of para-hydroxylation sites is 1. The molecule has 0 aliphatic carbocycles. The summed E-state index contributed by atoms with van der Waals surface area (Å²) in [6.07, 6.45) is 0. The number of nitrogens with zero attached hydrogens (tertiary/aromatic N) is 1. The van der Waals surface area contributed by atoms with Crippen LogP contribution in [0.1, 0.15) is 26.3 Å². The second-order valence-corrected chi connectivity index (χ2v) is 9.07. The fraction of sp³-hybridized carbons (Fsp3) is 0.533. The zero-order chi connectivity index (χ0) is 15.7. The number of amides is 1. The van der Waals surface area contributed by atoms with E-state index in [1.165, 1.54) is 0 Å². The van der Waals surface area contributed by atoms with Gasteiger partial charge in [0.25, 0.3) is 0 Å². The Bertz CT molecular complexity index is 633. The van der Waals surface area contributed by atoms with Gasteiger partial charge in [-0.05, 0) is 32.4 Å². The molecule has 1 N–H and O–H groups in total. The quantitative estimate of drug-likeness (QED) is 0.915. The number of nitrogens with one attached hydrogen (secondary N) is 1. The van der Waals surface area contributed by atoms with E-state index in [1.54, 1.807) is 25.7 Å². The van der Waals surface area contributed by atoms with Crippen LogP contribution in [0.2, 0.25) is 0 Å². The van der Waals surface area contributed by atoms with Crippen LogP contribution in [0.15, 0.2) is 24.3 Å². The van der Waals surface area contributed by atoms with Gasteiger partial charge in [0.2, 0.25) is 5.91 Å². The SMILES string of the molecule is CC(C)(C)S(=O)(=O)CCN1C(=O)CNCc2ccccc21. The molecule has 1 aromatic carbocycles. The van der Waals surface area contributed by atoms with Crippen molar-refractivity contribution >= 4 is 21.4 Å². The van der Waals surface area contributed by atoms with Crippen molar-refractivity contribution in [2.45, 2.75) is 32.1 Å². The smallest absolute Gasteiger partial charge is 0.240 e. The predicted molar refractivity (Wildman–Crippen MR) is 84.0 cm³/mol. The Balaban J connectivity index is 2.25. The van der Waals surface area contributed by atoms with Crippen LogP contribution in [0.25, 0.3) is 0 Å². The van der Waals surface area contributed by atoms with Gasteiger partial charge in [0.05, 0.1) is 17.0 Å². The minimum atomic E-state index is -3.25. The summed E-state index contributed by atoms with van der Waals surface area (Å²) in [6, 6.07) is 7.60. The number of hydrogen-bond acceptors (Lipinski definition) is 4. The fourth-order valence-corrected chi connectivity index (χ4v) is 3.26. The third kappa shape index (κ3) is 3.44. The summed E-state index contributed by atoms with van der Waals surface area (Å²) in [7, 11) is -3.25. The summed E-state index contributed by atoms with van der Waals surface area (Å²) < 4.78 is 23.7. The van der Waals surface area contributed by atoms with Gasteiger partial charge in [-0.2, -0.15) is 0 Å². The van der Waals surface area contributed by atoms with Gasteiger partial charge < -0.3 is 10.2 Å². The predicted octanol–water partition coefficient (Wildman–Crippen LogP) is 1.34. The van der Waals surface area contributed by atoms with Crippen molar-refractivity contribution in [3.8, 4) is 0 Å². The van der Waals surface area contributed by atoms with Crippen molar-refractivity contribution in [3.63, 3.8) is 0 Å².